The van der Waals surface area contributed by atoms with Crippen molar-refractivity contribution in [3.8, 4) is 0 Å². The molecular formula is C9H20N2O5S. The highest BCUT2D eigenvalue weighted by atomic mass is 32.2. The molecule has 0 fully saturated rings. The first kappa shape index (κ1) is 16.1. The Kier molecular flexibility index (Phi) is 6.43. The van der Waals surface area contributed by atoms with Gasteiger partial charge in [-0.2, -0.15) is 0 Å². The summed E-state index contributed by atoms with van der Waals surface area (Å²) in [6.07, 6.45) is -0.598. The number of hydrogen-bond acceptors (Lipinski definition) is 5. The highest BCUT2D eigenvalue weighted by Gasteiger charge is 2.15. The van der Waals surface area contributed by atoms with E-state index < -0.39 is 28.3 Å². The van der Waals surface area contributed by atoms with Crippen molar-refractivity contribution < 1.29 is 23.1 Å². The van der Waals surface area contributed by atoms with Crippen LogP contribution < -0.4 is 10.0 Å². The van der Waals surface area contributed by atoms with Crippen LogP contribution in [0.2, 0.25) is 0 Å². The molecule has 0 aliphatic carbocycles. The van der Waals surface area contributed by atoms with Gasteiger partial charge in [0.15, 0.2) is 0 Å². The number of sulfonamides is 1. The van der Waals surface area contributed by atoms with E-state index in [1.54, 1.807) is 20.8 Å². The summed E-state index contributed by atoms with van der Waals surface area (Å²) < 4.78 is 29.3. The van der Waals surface area contributed by atoms with Gasteiger partial charge in [-0.15, -0.1) is 0 Å². The second kappa shape index (κ2) is 6.77. The number of ether oxygens (including phenoxy) is 1. The molecule has 3 N–H and O–H groups in total. The number of nitrogens with one attached hydrogen (secondary N) is 2. The van der Waals surface area contributed by atoms with Crippen LogP contribution in [0, 0.1) is 0 Å². The van der Waals surface area contributed by atoms with Crippen molar-refractivity contribution in [2.45, 2.75) is 26.4 Å². The maximum Gasteiger partial charge on any atom is 0.407 e. The fraction of sp³-hybridized carbons (Fsp3) is 0.889. The Bertz CT molecular complexity index is 334. The standard InChI is InChI=1S/C9H20N2O5S/c1-9(2,3)16-8(13)10-4-5-11-17(14,15)7-6-12/h11-12H,4-7H2,1-3H3,(H,10,13). The lowest BCUT2D eigenvalue weighted by Crippen LogP contribution is -2.38. The molecule has 0 aromatic carbocycles. The quantitative estimate of drug-likeness (QED) is 0.559. The first-order valence-electron chi connectivity index (χ1n) is 5.21. The minimum absolute atomic E-state index is 0.0571. The normalized spacial score (nSPS) is 12.2. The second-order valence-electron chi connectivity index (χ2n) is 4.37. The smallest absolute Gasteiger partial charge is 0.407 e. The van der Waals surface area contributed by atoms with Gasteiger partial charge in [0.2, 0.25) is 10.0 Å². The van der Waals surface area contributed by atoms with E-state index in [1.807, 2.05) is 0 Å². The predicted molar refractivity (Wildman–Crippen MR) is 63.1 cm³/mol. The molecule has 0 aliphatic rings. The van der Waals surface area contributed by atoms with Crippen molar-refractivity contribution in [2.75, 3.05) is 25.4 Å². The minimum Gasteiger partial charge on any atom is -0.444 e. The summed E-state index contributed by atoms with van der Waals surface area (Å²) in [5.41, 5.74) is -0.583. The molecule has 0 aromatic rings. The molecule has 0 atom stereocenters. The predicted octanol–water partition coefficient (Wildman–Crippen LogP) is -0.577. The average molecular weight is 268 g/mol. The number of alkyl carbamates (subject to hydrolysis) is 1. The third-order valence-corrected chi connectivity index (χ3v) is 2.84. The van der Waals surface area contributed by atoms with Gasteiger partial charge in [0.25, 0.3) is 0 Å². The van der Waals surface area contributed by atoms with Gasteiger partial charge in [-0.3, -0.25) is 0 Å². The lowest BCUT2D eigenvalue weighted by Gasteiger charge is -2.19. The van der Waals surface area contributed by atoms with E-state index in [0.29, 0.717) is 0 Å². The van der Waals surface area contributed by atoms with Crippen molar-refractivity contribution in [1.29, 1.82) is 0 Å². The number of aliphatic hydroxyl groups is 1. The van der Waals surface area contributed by atoms with Crippen LogP contribution in [0.5, 0.6) is 0 Å². The number of aliphatic hydroxyl groups excluding tert-OH is 1. The van der Waals surface area contributed by atoms with Gasteiger partial charge in [-0.1, -0.05) is 0 Å². The maximum absolute atomic E-state index is 11.2. The van der Waals surface area contributed by atoms with E-state index in [-0.39, 0.29) is 18.8 Å². The molecule has 7 nitrogen and oxygen atoms in total. The van der Waals surface area contributed by atoms with Gasteiger partial charge in [0, 0.05) is 13.1 Å². The maximum atomic E-state index is 11.2. The first-order valence-corrected chi connectivity index (χ1v) is 6.86. The van der Waals surface area contributed by atoms with Crippen molar-refractivity contribution in [3.63, 3.8) is 0 Å². The topological polar surface area (TPSA) is 105 Å². The molecule has 0 bridgehead atoms. The fourth-order valence-corrected chi connectivity index (χ4v) is 1.68. The SMILES string of the molecule is CC(C)(C)OC(=O)NCCNS(=O)(=O)CCO. The van der Waals surface area contributed by atoms with Gasteiger partial charge in [-0.05, 0) is 20.8 Å². The Morgan fingerprint density at radius 2 is 1.88 bits per heavy atom. The van der Waals surface area contributed by atoms with E-state index >= 15 is 0 Å². The Morgan fingerprint density at radius 3 is 2.35 bits per heavy atom. The minimum atomic E-state index is -3.46. The summed E-state index contributed by atoms with van der Waals surface area (Å²) >= 11 is 0. The van der Waals surface area contributed by atoms with Crippen LogP contribution in [0.25, 0.3) is 0 Å². The monoisotopic (exact) mass is 268 g/mol. The van der Waals surface area contributed by atoms with Crippen LogP contribution >= 0.6 is 0 Å². The van der Waals surface area contributed by atoms with E-state index in [0.717, 1.165) is 0 Å². The summed E-state index contributed by atoms with van der Waals surface area (Å²) in [5, 5.41) is 10.9. The van der Waals surface area contributed by atoms with Crippen LogP contribution in [-0.4, -0.2) is 50.7 Å². The van der Waals surface area contributed by atoms with Crippen molar-refractivity contribution in [1.82, 2.24) is 10.0 Å². The summed E-state index contributed by atoms with van der Waals surface area (Å²) in [4.78, 5) is 11.2. The molecule has 102 valence electrons. The molecule has 0 rings (SSSR count). The third kappa shape index (κ3) is 10.0. The van der Waals surface area contributed by atoms with E-state index in [9.17, 15) is 13.2 Å². The highest BCUT2D eigenvalue weighted by molar-refractivity contribution is 7.89. The molecule has 0 heterocycles. The number of carbonyl (C=O) groups is 1. The fourth-order valence-electron chi connectivity index (χ4n) is 0.878. The van der Waals surface area contributed by atoms with Gasteiger partial charge < -0.3 is 15.2 Å². The number of carbonyl (C=O) groups excluding carboxylic acids is 1. The largest absolute Gasteiger partial charge is 0.444 e. The summed E-state index contributed by atoms with van der Waals surface area (Å²) in [6.45, 7) is 4.94. The molecular weight excluding hydrogens is 248 g/mol. The van der Waals surface area contributed by atoms with Gasteiger partial charge in [0.05, 0.1) is 12.4 Å². The van der Waals surface area contributed by atoms with Gasteiger partial charge in [-0.25, -0.2) is 17.9 Å². The molecule has 17 heavy (non-hydrogen) atoms. The van der Waals surface area contributed by atoms with E-state index in [2.05, 4.69) is 10.0 Å². The number of amides is 1. The summed E-state index contributed by atoms with van der Waals surface area (Å²) in [6, 6.07) is 0. The highest BCUT2D eigenvalue weighted by Crippen LogP contribution is 2.05. The molecule has 1 amide bonds. The van der Waals surface area contributed by atoms with Gasteiger partial charge >= 0.3 is 6.09 Å². The molecule has 0 radical (unpaired) electrons. The van der Waals surface area contributed by atoms with Crippen molar-refractivity contribution >= 4 is 16.1 Å². The molecule has 0 aliphatic heterocycles. The Labute approximate surface area is 102 Å². The summed E-state index contributed by atoms with van der Waals surface area (Å²) in [5.74, 6) is -0.348. The Balaban J connectivity index is 3.76. The third-order valence-electron chi connectivity index (χ3n) is 1.48. The lowest BCUT2D eigenvalue weighted by molar-refractivity contribution is 0.0529. The van der Waals surface area contributed by atoms with Crippen LogP contribution in [0.1, 0.15) is 20.8 Å². The zero-order valence-corrected chi connectivity index (χ0v) is 11.1. The van der Waals surface area contributed by atoms with Crippen LogP contribution in [0.15, 0.2) is 0 Å². The van der Waals surface area contributed by atoms with Crippen LogP contribution in [0.4, 0.5) is 4.79 Å². The zero-order valence-electron chi connectivity index (χ0n) is 10.3. The molecule has 0 aromatic heterocycles. The number of rotatable bonds is 6. The molecule has 0 saturated heterocycles. The average Bonchev–Trinajstić information content (AvgIpc) is 2.09. The van der Waals surface area contributed by atoms with E-state index in [4.69, 9.17) is 9.84 Å². The number of hydrogen-bond donors (Lipinski definition) is 3. The molecule has 0 unspecified atom stereocenters. The van der Waals surface area contributed by atoms with Gasteiger partial charge in [0.1, 0.15) is 5.60 Å². The molecule has 0 spiro atoms. The van der Waals surface area contributed by atoms with Crippen molar-refractivity contribution in [3.05, 3.63) is 0 Å². The van der Waals surface area contributed by atoms with E-state index in [1.165, 1.54) is 0 Å². The Hall–Kier alpha value is -0.860. The molecule has 8 heteroatoms. The zero-order chi connectivity index (χ0) is 13.5. The van der Waals surface area contributed by atoms with Crippen LogP contribution in [-0.2, 0) is 14.8 Å². The first-order chi connectivity index (χ1) is 7.66. The summed E-state index contributed by atoms with van der Waals surface area (Å²) in [7, 11) is -3.46. The lowest BCUT2D eigenvalue weighted by atomic mass is 10.2. The van der Waals surface area contributed by atoms with Crippen molar-refractivity contribution in [2.24, 2.45) is 0 Å². The second-order valence-corrected chi connectivity index (χ2v) is 6.29. The molecule has 0 saturated carbocycles. The Morgan fingerprint density at radius 1 is 1.29 bits per heavy atom. The van der Waals surface area contributed by atoms with Crippen LogP contribution in [0.3, 0.4) is 0 Å².